The first-order valence-corrected chi connectivity index (χ1v) is 6.98. The summed E-state index contributed by atoms with van der Waals surface area (Å²) in [5.74, 6) is 0.811. The van der Waals surface area contributed by atoms with Crippen molar-refractivity contribution in [2.45, 2.75) is 31.1 Å². The van der Waals surface area contributed by atoms with Crippen molar-refractivity contribution in [3.63, 3.8) is 0 Å². The van der Waals surface area contributed by atoms with Gasteiger partial charge in [0.25, 0.3) is 0 Å². The average molecular weight is 297 g/mol. The monoisotopic (exact) mass is 296 g/mol. The first kappa shape index (κ1) is 13.7. The number of aliphatic imine (C=N–C) groups is 1. The van der Waals surface area contributed by atoms with Gasteiger partial charge < -0.3 is 15.1 Å². The summed E-state index contributed by atoms with van der Waals surface area (Å²) in [5, 5.41) is 20.2. The molecule has 2 fully saturated rings. The fourth-order valence-electron chi connectivity index (χ4n) is 3.61. The van der Waals surface area contributed by atoms with Crippen molar-refractivity contribution in [1.29, 1.82) is 0 Å². The quantitative estimate of drug-likeness (QED) is 0.643. The molecule has 0 aliphatic heterocycles. The number of halogens is 1. The standard InChI is InChI=1S/C13H17ClN4O2/c1-15-9-12(14)16-5-17-13(9)18(2)8-4-6-3-7(8)11(20)10(6)19/h5-8,10-11,19-20H,1,3-4H2,2H3. The zero-order chi connectivity index (χ0) is 14.4. The molecule has 2 saturated carbocycles. The number of nitrogens with zero attached hydrogens (tertiary/aromatic N) is 4. The molecule has 1 heterocycles. The molecule has 2 N–H and O–H groups in total. The van der Waals surface area contributed by atoms with Gasteiger partial charge in [0.2, 0.25) is 0 Å². The molecule has 2 aliphatic carbocycles. The van der Waals surface area contributed by atoms with Crippen LogP contribution in [-0.2, 0) is 0 Å². The predicted molar refractivity (Wildman–Crippen MR) is 76.7 cm³/mol. The molecule has 0 spiro atoms. The van der Waals surface area contributed by atoms with Crippen LogP contribution in [-0.4, -0.2) is 52.2 Å². The van der Waals surface area contributed by atoms with Crippen LogP contribution in [0, 0.1) is 11.8 Å². The van der Waals surface area contributed by atoms with E-state index in [1.807, 2.05) is 11.9 Å². The van der Waals surface area contributed by atoms with E-state index in [1.165, 1.54) is 6.33 Å². The van der Waals surface area contributed by atoms with Crippen molar-refractivity contribution in [2.24, 2.45) is 16.8 Å². The summed E-state index contributed by atoms with van der Waals surface area (Å²) in [6.07, 6.45) is 1.79. The molecule has 0 radical (unpaired) electrons. The van der Waals surface area contributed by atoms with Crippen molar-refractivity contribution >= 4 is 29.8 Å². The minimum Gasteiger partial charge on any atom is -0.390 e. The molecule has 20 heavy (non-hydrogen) atoms. The maximum Gasteiger partial charge on any atom is 0.160 e. The van der Waals surface area contributed by atoms with Gasteiger partial charge in [0.05, 0.1) is 12.2 Å². The van der Waals surface area contributed by atoms with E-state index < -0.39 is 12.2 Å². The maximum absolute atomic E-state index is 10.1. The Morgan fingerprint density at radius 3 is 2.70 bits per heavy atom. The number of aromatic nitrogens is 2. The highest BCUT2D eigenvalue weighted by Crippen LogP contribution is 2.48. The third-order valence-corrected chi connectivity index (χ3v) is 4.91. The number of aliphatic hydroxyl groups is 2. The smallest absolute Gasteiger partial charge is 0.160 e. The number of rotatable bonds is 3. The third-order valence-electron chi connectivity index (χ3n) is 4.63. The molecule has 5 unspecified atom stereocenters. The Morgan fingerprint density at radius 1 is 1.35 bits per heavy atom. The summed E-state index contributed by atoms with van der Waals surface area (Å²) in [7, 11) is 1.90. The summed E-state index contributed by atoms with van der Waals surface area (Å²) in [6.45, 7) is 3.51. The van der Waals surface area contributed by atoms with Gasteiger partial charge in [-0.25, -0.2) is 9.97 Å². The van der Waals surface area contributed by atoms with Crippen LogP contribution < -0.4 is 4.90 Å². The van der Waals surface area contributed by atoms with E-state index in [0.29, 0.717) is 11.5 Å². The summed E-state index contributed by atoms with van der Waals surface area (Å²) >= 11 is 6.01. The van der Waals surface area contributed by atoms with Crippen LogP contribution in [0.1, 0.15) is 12.8 Å². The van der Waals surface area contributed by atoms with Crippen LogP contribution in [0.2, 0.25) is 5.15 Å². The molecule has 6 nitrogen and oxygen atoms in total. The highest BCUT2D eigenvalue weighted by atomic mass is 35.5. The molecule has 0 aromatic carbocycles. The maximum atomic E-state index is 10.1. The number of aliphatic hydroxyl groups excluding tert-OH is 2. The van der Waals surface area contributed by atoms with Crippen LogP contribution in [0.15, 0.2) is 11.3 Å². The molecule has 1 aromatic heterocycles. The van der Waals surface area contributed by atoms with Gasteiger partial charge in [-0.1, -0.05) is 11.6 Å². The average Bonchev–Trinajstić information content (AvgIpc) is 2.99. The van der Waals surface area contributed by atoms with Gasteiger partial charge in [-0.05, 0) is 25.5 Å². The largest absolute Gasteiger partial charge is 0.390 e. The molecule has 0 saturated heterocycles. The molecule has 1 aromatic rings. The number of fused-ring (bicyclic) bond motifs is 2. The fourth-order valence-corrected chi connectivity index (χ4v) is 3.80. The normalized spacial score (nSPS) is 35.3. The Hall–Kier alpha value is -1.24. The van der Waals surface area contributed by atoms with Gasteiger partial charge in [0.1, 0.15) is 12.0 Å². The summed E-state index contributed by atoms with van der Waals surface area (Å²) in [5.41, 5.74) is 0.453. The van der Waals surface area contributed by atoms with E-state index in [9.17, 15) is 10.2 Å². The molecule has 7 heteroatoms. The van der Waals surface area contributed by atoms with Crippen LogP contribution in [0.5, 0.6) is 0 Å². The van der Waals surface area contributed by atoms with Gasteiger partial charge in [0.15, 0.2) is 11.0 Å². The number of hydrogen-bond donors (Lipinski definition) is 2. The van der Waals surface area contributed by atoms with E-state index in [-0.39, 0.29) is 23.0 Å². The Balaban J connectivity index is 1.90. The van der Waals surface area contributed by atoms with Crippen molar-refractivity contribution in [3.05, 3.63) is 11.5 Å². The zero-order valence-corrected chi connectivity index (χ0v) is 11.9. The van der Waals surface area contributed by atoms with Crippen LogP contribution in [0.4, 0.5) is 11.5 Å². The topological polar surface area (TPSA) is 81.8 Å². The number of anilines is 1. The van der Waals surface area contributed by atoms with E-state index in [4.69, 9.17) is 11.6 Å². The van der Waals surface area contributed by atoms with E-state index in [1.54, 1.807) is 0 Å². The molecular formula is C13H17ClN4O2. The molecule has 2 bridgehead atoms. The van der Waals surface area contributed by atoms with Crippen molar-refractivity contribution < 1.29 is 10.2 Å². The lowest BCUT2D eigenvalue weighted by molar-refractivity contribution is -0.0221. The van der Waals surface area contributed by atoms with Crippen molar-refractivity contribution in [1.82, 2.24) is 9.97 Å². The fraction of sp³-hybridized carbons (Fsp3) is 0.615. The second kappa shape index (κ2) is 4.95. The second-order valence-electron chi connectivity index (χ2n) is 5.55. The zero-order valence-electron chi connectivity index (χ0n) is 11.1. The SMILES string of the molecule is C=Nc1c(Cl)ncnc1N(C)C1CC2CC1C(O)C2O. The van der Waals surface area contributed by atoms with E-state index in [0.717, 1.165) is 12.8 Å². The molecule has 2 aliphatic rings. The molecule has 5 atom stereocenters. The van der Waals surface area contributed by atoms with E-state index >= 15 is 0 Å². The predicted octanol–water partition coefficient (Wildman–Crippen LogP) is 1.03. The molecule has 3 rings (SSSR count). The molecular weight excluding hydrogens is 280 g/mol. The number of hydrogen-bond acceptors (Lipinski definition) is 6. The van der Waals surface area contributed by atoms with Gasteiger partial charge >= 0.3 is 0 Å². The van der Waals surface area contributed by atoms with Crippen molar-refractivity contribution in [3.8, 4) is 0 Å². The van der Waals surface area contributed by atoms with Crippen LogP contribution in [0.3, 0.4) is 0 Å². The first-order valence-electron chi connectivity index (χ1n) is 6.60. The van der Waals surface area contributed by atoms with Crippen molar-refractivity contribution in [2.75, 3.05) is 11.9 Å². The lowest BCUT2D eigenvalue weighted by Crippen LogP contribution is -2.46. The Labute approximate surface area is 122 Å². The Morgan fingerprint density at radius 2 is 2.10 bits per heavy atom. The summed E-state index contributed by atoms with van der Waals surface area (Å²) < 4.78 is 0. The van der Waals surface area contributed by atoms with Crippen LogP contribution >= 0.6 is 11.6 Å². The van der Waals surface area contributed by atoms with Gasteiger partial charge in [0, 0.05) is 19.0 Å². The Bertz CT molecular complexity index is 539. The lowest BCUT2D eigenvalue weighted by atomic mass is 9.89. The minimum atomic E-state index is -0.668. The second-order valence-corrected chi connectivity index (χ2v) is 5.91. The van der Waals surface area contributed by atoms with Gasteiger partial charge in [-0.3, -0.25) is 4.99 Å². The highest BCUT2D eigenvalue weighted by molar-refractivity contribution is 6.32. The third kappa shape index (κ3) is 1.90. The lowest BCUT2D eigenvalue weighted by Gasteiger charge is -2.36. The highest BCUT2D eigenvalue weighted by Gasteiger charge is 2.53. The van der Waals surface area contributed by atoms with E-state index in [2.05, 4.69) is 21.7 Å². The Kier molecular flexibility index (Phi) is 3.40. The molecule has 108 valence electrons. The van der Waals surface area contributed by atoms with Crippen LogP contribution in [0.25, 0.3) is 0 Å². The van der Waals surface area contributed by atoms with Gasteiger partial charge in [-0.2, -0.15) is 0 Å². The summed E-state index contributed by atoms with van der Waals surface area (Å²) in [4.78, 5) is 14.0. The first-order chi connectivity index (χ1) is 9.54. The molecule has 0 amide bonds. The van der Waals surface area contributed by atoms with Gasteiger partial charge in [-0.15, -0.1) is 0 Å². The minimum absolute atomic E-state index is 0.0476. The summed E-state index contributed by atoms with van der Waals surface area (Å²) in [6, 6.07) is 0.116.